The first kappa shape index (κ1) is 23.2. The molecule has 1 amide bonds. The van der Waals surface area contributed by atoms with Crippen molar-refractivity contribution >= 4 is 27.5 Å². The Morgan fingerprint density at radius 1 is 0.839 bits per heavy atom. The lowest BCUT2D eigenvalue weighted by atomic mass is 9.92. The fraction of sp³-hybridized carbons (Fsp3) is 0.296. The lowest BCUT2D eigenvalue weighted by Crippen LogP contribution is -2.28. The van der Waals surface area contributed by atoms with E-state index >= 15 is 0 Å². The molecule has 0 aliphatic rings. The second-order valence-corrected chi connectivity index (χ2v) is 9.35. The van der Waals surface area contributed by atoms with Crippen molar-refractivity contribution in [1.29, 1.82) is 0 Å². The smallest absolute Gasteiger partial charge is 0.238 e. The predicted octanol–water partition coefficient (Wildman–Crippen LogP) is 7.09. The summed E-state index contributed by atoms with van der Waals surface area (Å²) in [6, 6.07) is 22.9. The molecule has 0 bridgehead atoms. The second-order valence-electron chi connectivity index (χ2n) is 8.44. The van der Waals surface area contributed by atoms with E-state index in [0.29, 0.717) is 18.4 Å². The Kier molecular flexibility index (Phi) is 8.05. The first-order chi connectivity index (χ1) is 14.9. The molecule has 3 aromatic rings. The summed E-state index contributed by atoms with van der Waals surface area (Å²) in [5.41, 5.74) is 6.84. The summed E-state index contributed by atoms with van der Waals surface area (Å²) in [5, 5.41) is 6.49. The van der Waals surface area contributed by atoms with E-state index in [1.807, 2.05) is 24.3 Å². The van der Waals surface area contributed by atoms with Gasteiger partial charge in [0, 0.05) is 16.7 Å². The number of para-hydroxylation sites is 1. The van der Waals surface area contributed by atoms with Gasteiger partial charge in [-0.1, -0.05) is 98.2 Å². The van der Waals surface area contributed by atoms with Gasteiger partial charge in [-0.2, -0.15) is 0 Å². The molecule has 4 heteroatoms. The summed E-state index contributed by atoms with van der Waals surface area (Å²) in [4.78, 5) is 12.8. The zero-order chi connectivity index (χ0) is 22.4. The summed E-state index contributed by atoms with van der Waals surface area (Å²) >= 11 is 3.49. The number of nitrogens with one attached hydrogen (secondary N) is 2. The van der Waals surface area contributed by atoms with Crippen molar-refractivity contribution in [3.8, 4) is 11.1 Å². The third kappa shape index (κ3) is 6.05. The van der Waals surface area contributed by atoms with E-state index < -0.39 is 0 Å². The van der Waals surface area contributed by atoms with Crippen LogP contribution in [0, 0.1) is 0 Å². The molecule has 0 saturated heterocycles. The Labute approximate surface area is 194 Å². The average Bonchev–Trinajstić information content (AvgIpc) is 2.74. The minimum atomic E-state index is -0.0175. The van der Waals surface area contributed by atoms with Gasteiger partial charge in [0.25, 0.3) is 0 Å². The Bertz CT molecular complexity index is 999. The van der Waals surface area contributed by atoms with Gasteiger partial charge in [0.05, 0.1) is 6.54 Å². The third-order valence-corrected chi connectivity index (χ3v) is 5.94. The van der Waals surface area contributed by atoms with Crippen molar-refractivity contribution in [2.24, 2.45) is 0 Å². The maximum absolute atomic E-state index is 12.8. The number of anilines is 1. The van der Waals surface area contributed by atoms with Crippen molar-refractivity contribution in [3.63, 3.8) is 0 Å². The molecule has 0 radical (unpaired) electrons. The highest BCUT2D eigenvalue weighted by molar-refractivity contribution is 9.10. The van der Waals surface area contributed by atoms with E-state index in [9.17, 15) is 4.79 Å². The predicted molar refractivity (Wildman–Crippen MR) is 135 cm³/mol. The second kappa shape index (κ2) is 10.7. The number of hydrogen-bond donors (Lipinski definition) is 2. The molecule has 0 heterocycles. The maximum Gasteiger partial charge on any atom is 0.238 e. The van der Waals surface area contributed by atoms with E-state index in [1.165, 1.54) is 22.3 Å². The molecule has 162 valence electrons. The van der Waals surface area contributed by atoms with Gasteiger partial charge in [-0.05, 0) is 51.8 Å². The topological polar surface area (TPSA) is 41.1 Å². The Balaban J connectivity index is 1.68. The van der Waals surface area contributed by atoms with Crippen molar-refractivity contribution in [3.05, 3.63) is 87.9 Å². The van der Waals surface area contributed by atoms with Gasteiger partial charge in [0.2, 0.25) is 5.91 Å². The normalized spacial score (nSPS) is 11.2. The summed E-state index contributed by atoms with van der Waals surface area (Å²) in [6.45, 7) is 9.53. The van der Waals surface area contributed by atoms with E-state index in [0.717, 1.165) is 15.7 Å². The third-order valence-electron chi connectivity index (χ3n) is 5.41. The molecule has 0 atom stereocenters. The highest BCUT2D eigenvalue weighted by atomic mass is 79.9. The maximum atomic E-state index is 12.8. The summed E-state index contributed by atoms with van der Waals surface area (Å²) in [6.07, 6.45) is 0. The van der Waals surface area contributed by atoms with Crippen LogP contribution in [0.3, 0.4) is 0 Å². The monoisotopic (exact) mass is 478 g/mol. The molecule has 0 spiro atoms. The SMILES string of the molecule is CC(C)c1cccc(C(C)C)c1NC(=O)CNCc1ccccc1-c1ccc(Br)cc1. The Morgan fingerprint density at radius 2 is 1.45 bits per heavy atom. The molecule has 3 aromatic carbocycles. The van der Waals surface area contributed by atoms with Crippen molar-refractivity contribution in [2.75, 3.05) is 11.9 Å². The molecular weight excluding hydrogens is 448 g/mol. The van der Waals surface area contributed by atoms with Gasteiger partial charge in [-0.3, -0.25) is 4.79 Å². The van der Waals surface area contributed by atoms with Gasteiger partial charge in [-0.15, -0.1) is 0 Å². The van der Waals surface area contributed by atoms with Crippen molar-refractivity contribution in [2.45, 2.75) is 46.1 Å². The minimum absolute atomic E-state index is 0.0175. The Hall–Kier alpha value is -2.43. The number of hydrogen-bond acceptors (Lipinski definition) is 2. The molecule has 2 N–H and O–H groups in total. The van der Waals surface area contributed by atoms with Gasteiger partial charge in [0.1, 0.15) is 0 Å². The fourth-order valence-corrected chi connectivity index (χ4v) is 4.04. The number of benzene rings is 3. The number of halogens is 1. The van der Waals surface area contributed by atoms with Gasteiger partial charge >= 0.3 is 0 Å². The summed E-state index contributed by atoms with van der Waals surface area (Å²) in [7, 11) is 0. The molecule has 3 nitrogen and oxygen atoms in total. The number of amides is 1. The quantitative estimate of drug-likeness (QED) is 0.362. The molecule has 3 rings (SSSR count). The molecule has 0 aromatic heterocycles. The first-order valence-electron chi connectivity index (χ1n) is 10.8. The van der Waals surface area contributed by atoms with Gasteiger partial charge in [0.15, 0.2) is 0 Å². The lowest BCUT2D eigenvalue weighted by molar-refractivity contribution is -0.115. The zero-order valence-electron chi connectivity index (χ0n) is 18.7. The summed E-state index contributed by atoms with van der Waals surface area (Å²) in [5.74, 6) is 0.676. The van der Waals surface area contributed by atoms with Gasteiger partial charge in [-0.25, -0.2) is 0 Å². The summed E-state index contributed by atoms with van der Waals surface area (Å²) < 4.78 is 1.06. The van der Waals surface area contributed by atoms with Crippen LogP contribution in [0.1, 0.15) is 56.2 Å². The van der Waals surface area contributed by atoms with E-state index in [-0.39, 0.29) is 12.5 Å². The average molecular weight is 479 g/mol. The van der Waals surface area contributed by atoms with Crippen LogP contribution in [0.4, 0.5) is 5.69 Å². The van der Waals surface area contributed by atoms with Crippen molar-refractivity contribution in [1.82, 2.24) is 5.32 Å². The van der Waals surface area contributed by atoms with Crippen LogP contribution in [-0.2, 0) is 11.3 Å². The largest absolute Gasteiger partial charge is 0.324 e. The first-order valence-corrected chi connectivity index (χ1v) is 11.6. The zero-order valence-corrected chi connectivity index (χ0v) is 20.3. The van der Waals surface area contributed by atoms with Crippen LogP contribution in [0.2, 0.25) is 0 Å². The highest BCUT2D eigenvalue weighted by Crippen LogP contribution is 2.32. The molecule has 0 aliphatic carbocycles. The van der Waals surface area contributed by atoms with Crippen LogP contribution in [-0.4, -0.2) is 12.5 Å². The highest BCUT2D eigenvalue weighted by Gasteiger charge is 2.16. The fourth-order valence-electron chi connectivity index (χ4n) is 3.78. The van der Waals surface area contributed by atoms with Gasteiger partial charge < -0.3 is 10.6 Å². The van der Waals surface area contributed by atoms with E-state index in [4.69, 9.17) is 0 Å². The molecule has 0 unspecified atom stereocenters. The minimum Gasteiger partial charge on any atom is -0.324 e. The van der Waals surface area contributed by atoms with Crippen LogP contribution in [0.15, 0.2) is 71.2 Å². The van der Waals surface area contributed by atoms with Crippen LogP contribution >= 0.6 is 15.9 Å². The van der Waals surface area contributed by atoms with Crippen LogP contribution in [0.25, 0.3) is 11.1 Å². The Morgan fingerprint density at radius 3 is 2.06 bits per heavy atom. The molecule has 0 saturated carbocycles. The number of carbonyl (C=O) groups excluding carboxylic acids is 1. The number of rotatable bonds is 8. The standard InChI is InChI=1S/C27H31BrN2O/c1-18(2)23-10-7-11-24(19(3)4)27(23)30-26(31)17-29-16-21-8-5-6-9-25(21)20-12-14-22(28)15-13-20/h5-15,18-19,29H,16-17H2,1-4H3,(H,30,31). The molecule has 0 aliphatic heterocycles. The van der Waals surface area contributed by atoms with Crippen LogP contribution < -0.4 is 10.6 Å². The van der Waals surface area contributed by atoms with Crippen molar-refractivity contribution < 1.29 is 4.79 Å². The number of carbonyl (C=O) groups is 1. The lowest BCUT2D eigenvalue weighted by Gasteiger charge is -2.20. The van der Waals surface area contributed by atoms with E-state index in [1.54, 1.807) is 0 Å². The molecule has 0 fully saturated rings. The molecular formula is C27H31BrN2O. The van der Waals surface area contributed by atoms with Crippen LogP contribution in [0.5, 0.6) is 0 Å². The van der Waals surface area contributed by atoms with E-state index in [2.05, 4.69) is 96.7 Å². The molecule has 31 heavy (non-hydrogen) atoms.